The molecule has 1 spiro atoms. The summed E-state index contributed by atoms with van der Waals surface area (Å²) in [5, 5.41) is 7.83. The predicted molar refractivity (Wildman–Crippen MR) is 93.1 cm³/mol. The van der Waals surface area contributed by atoms with Crippen LogP contribution in [0.25, 0.3) is 0 Å². The normalized spacial score (nSPS) is 19.0. The molecule has 0 N–H and O–H groups in total. The molecule has 1 aromatic heterocycles. The van der Waals surface area contributed by atoms with Gasteiger partial charge in [0.1, 0.15) is 0 Å². The lowest BCUT2D eigenvalue weighted by atomic mass is 9.78. The fraction of sp³-hybridized carbons (Fsp3) is 0.353. The van der Waals surface area contributed by atoms with Crippen molar-refractivity contribution in [1.29, 1.82) is 0 Å². The van der Waals surface area contributed by atoms with Gasteiger partial charge in [0.15, 0.2) is 5.84 Å². The summed E-state index contributed by atoms with van der Waals surface area (Å²) in [6, 6.07) is 7.29. The largest absolute Gasteiger partial charge is 0.377 e. The van der Waals surface area contributed by atoms with E-state index in [0.717, 1.165) is 22.7 Å². The van der Waals surface area contributed by atoms with Crippen molar-refractivity contribution in [2.75, 3.05) is 0 Å². The molecule has 1 aromatic carbocycles. The minimum Gasteiger partial charge on any atom is -0.377 e. The van der Waals surface area contributed by atoms with Gasteiger partial charge in [0, 0.05) is 16.0 Å². The number of nitrogens with zero attached hydrogens (tertiary/aromatic N) is 3. The molecule has 24 heavy (non-hydrogen) atoms. The highest BCUT2D eigenvalue weighted by atomic mass is 35.5. The Morgan fingerprint density at radius 1 is 1.42 bits per heavy atom. The number of halogens is 1. The van der Waals surface area contributed by atoms with Gasteiger partial charge in [-0.3, -0.25) is 9.69 Å². The molecule has 5 nitrogen and oxygen atoms in total. The zero-order valence-corrected chi connectivity index (χ0v) is 14.7. The Morgan fingerprint density at radius 3 is 2.88 bits per heavy atom. The van der Waals surface area contributed by atoms with Crippen molar-refractivity contribution in [3.8, 4) is 0 Å². The number of oxime groups is 1. The van der Waals surface area contributed by atoms with Crippen LogP contribution in [0.1, 0.15) is 35.5 Å². The van der Waals surface area contributed by atoms with Crippen LogP contribution in [-0.4, -0.2) is 27.2 Å². The molecule has 0 unspecified atom stereocenters. The number of carbonyl (C=O) groups excluding carboxylic acids is 1. The fourth-order valence-corrected chi connectivity index (χ4v) is 3.78. The lowest BCUT2D eigenvalue weighted by Gasteiger charge is -2.44. The number of aryl methyl sites for hydroxylation is 1. The van der Waals surface area contributed by atoms with Crippen molar-refractivity contribution < 1.29 is 9.63 Å². The van der Waals surface area contributed by atoms with E-state index in [4.69, 9.17) is 16.4 Å². The van der Waals surface area contributed by atoms with E-state index in [1.165, 1.54) is 0 Å². The Labute approximate surface area is 148 Å². The highest BCUT2D eigenvalue weighted by Gasteiger charge is 2.53. The summed E-state index contributed by atoms with van der Waals surface area (Å²) in [6.07, 6.45) is 2.41. The van der Waals surface area contributed by atoms with Gasteiger partial charge in [0.2, 0.25) is 5.60 Å². The molecule has 4 rings (SSSR count). The third-order valence-corrected chi connectivity index (χ3v) is 5.49. The van der Waals surface area contributed by atoms with Crippen molar-refractivity contribution in [2.24, 2.45) is 5.16 Å². The van der Waals surface area contributed by atoms with E-state index in [1.807, 2.05) is 24.4 Å². The molecule has 2 aromatic rings. The molecule has 0 bridgehead atoms. The van der Waals surface area contributed by atoms with Crippen molar-refractivity contribution >= 4 is 34.7 Å². The van der Waals surface area contributed by atoms with E-state index in [1.54, 1.807) is 28.4 Å². The molecule has 1 saturated carbocycles. The Kier molecular flexibility index (Phi) is 3.81. The monoisotopic (exact) mass is 361 g/mol. The van der Waals surface area contributed by atoms with E-state index in [-0.39, 0.29) is 5.91 Å². The van der Waals surface area contributed by atoms with Crippen LogP contribution >= 0.6 is 22.9 Å². The zero-order chi connectivity index (χ0) is 16.7. The summed E-state index contributed by atoms with van der Waals surface area (Å²) in [5.41, 5.74) is 0.835. The van der Waals surface area contributed by atoms with Gasteiger partial charge in [-0.15, -0.1) is 11.3 Å². The van der Waals surface area contributed by atoms with Crippen molar-refractivity contribution in [3.63, 3.8) is 0 Å². The molecular weight excluding hydrogens is 346 g/mol. The maximum atomic E-state index is 13.1. The molecule has 2 aliphatic rings. The molecule has 0 saturated heterocycles. The summed E-state index contributed by atoms with van der Waals surface area (Å²) in [4.78, 5) is 24.9. The number of amidine groups is 1. The van der Waals surface area contributed by atoms with Gasteiger partial charge in [0.05, 0.1) is 17.2 Å². The van der Waals surface area contributed by atoms with Gasteiger partial charge in [-0.2, -0.15) is 0 Å². The van der Waals surface area contributed by atoms with Gasteiger partial charge < -0.3 is 4.84 Å². The lowest BCUT2D eigenvalue weighted by molar-refractivity contribution is -0.173. The van der Waals surface area contributed by atoms with Crippen molar-refractivity contribution in [2.45, 2.75) is 38.3 Å². The van der Waals surface area contributed by atoms with Gasteiger partial charge in [-0.05, 0) is 38.3 Å². The molecule has 1 aliphatic heterocycles. The van der Waals surface area contributed by atoms with E-state index >= 15 is 0 Å². The molecule has 1 fully saturated rings. The van der Waals surface area contributed by atoms with E-state index in [0.29, 0.717) is 30.2 Å². The maximum absolute atomic E-state index is 13.1. The Hall–Kier alpha value is -1.92. The van der Waals surface area contributed by atoms with Crippen LogP contribution in [0.4, 0.5) is 0 Å². The second-order valence-electron chi connectivity index (χ2n) is 6.11. The van der Waals surface area contributed by atoms with Gasteiger partial charge in [0.25, 0.3) is 5.91 Å². The zero-order valence-electron chi connectivity index (χ0n) is 13.2. The highest BCUT2D eigenvalue weighted by molar-refractivity contribution is 7.09. The van der Waals surface area contributed by atoms with Crippen LogP contribution in [0.3, 0.4) is 0 Å². The average Bonchev–Trinajstić information content (AvgIpc) is 2.93. The number of hydrogen-bond donors (Lipinski definition) is 0. The summed E-state index contributed by atoms with van der Waals surface area (Å²) >= 11 is 7.67. The predicted octanol–water partition coefficient (Wildman–Crippen LogP) is 3.75. The van der Waals surface area contributed by atoms with E-state index < -0.39 is 5.60 Å². The number of aromatic nitrogens is 1. The Bertz CT molecular complexity index is 829. The SMILES string of the molecule is Cc1nc(CN2C(=O)C3(CCC3)ON=C2c2cccc(Cl)c2)cs1. The van der Waals surface area contributed by atoms with Crippen LogP contribution in [0, 0.1) is 6.92 Å². The van der Waals surface area contributed by atoms with Gasteiger partial charge >= 0.3 is 0 Å². The molecule has 1 aliphatic carbocycles. The molecular formula is C17H16ClN3O2S. The highest BCUT2D eigenvalue weighted by Crippen LogP contribution is 2.40. The molecule has 7 heteroatoms. The molecule has 0 radical (unpaired) electrons. The second-order valence-corrected chi connectivity index (χ2v) is 7.61. The van der Waals surface area contributed by atoms with Crippen LogP contribution in [0.5, 0.6) is 0 Å². The number of thiazole rings is 1. The van der Waals surface area contributed by atoms with Crippen molar-refractivity contribution in [3.05, 3.63) is 50.9 Å². The number of carbonyl (C=O) groups is 1. The minimum atomic E-state index is -0.785. The third-order valence-electron chi connectivity index (χ3n) is 4.43. The summed E-state index contributed by atoms with van der Waals surface area (Å²) in [5.74, 6) is 0.454. The van der Waals surface area contributed by atoms with Gasteiger partial charge in [-0.25, -0.2) is 4.98 Å². The summed E-state index contributed by atoms with van der Waals surface area (Å²) in [7, 11) is 0. The minimum absolute atomic E-state index is 0.0376. The number of benzene rings is 1. The van der Waals surface area contributed by atoms with Crippen LogP contribution in [0.2, 0.25) is 5.02 Å². The van der Waals surface area contributed by atoms with E-state index in [2.05, 4.69) is 10.1 Å². The summed E-state index contributed by atoms with van der Waals surface area (Å²) in [6.45, 7) is 2.34. The van der Waals surface area contributed by atoms with Crippen LogP contribution < -0.4 is 0 Å². The topological polar surface area (TPSA) is 54.8 Å². The molecule has 1 amide bonds. The average molecular weight is 362 g/mol. The number of hydrogen-bond acceptors (Lipinski definition) is 5. The molecule has 124 valence electrons. The molecule has 0 atom stereocenters. The van der Waals surface area contributed by atoms with Gasteiger partial charge in [-0.1, -0.05) is 28.9 Å². The first-order valence-electron chi connectivity index (χ1n) is 7.82. The van der Waals surface area contributed by atoms with Crippen molar-refractivity contribution in [1.82, 2.24) is 9.88 Å². The first-order chi connectivity index (χ1) is 11.6. The Morgan fingerprint density at radius 2 is 2.25 bits per heavy atom. The molecule has 2 heterocycles. The Balaban J connectivity index is 1.72. The fourth-order valence-electron chi connectivity index (χ4n) is 2.99. The quantitative estimate of drug-likeness (QED) is 0.836. The first kappa shape index (κ1) is 15.6. The second kappa shape index (κ2) is 5.86. The van der Waals surface area contributed by atoms with Crippen LogP contribution in [0.15, 0.2) is 34.8 Å². The maximum Gasteiger partial charge on any atom is 0.275 e. The number of amides is 1. The smallest absolute Gasteiger partial charge is 0.275 e. The summed E-state index contributed by atoms with van der Waals surface area (Å²) < 4.78 is 0. The standard InChI is InChI=1S/C17H16ClN3O2S/c1-11-19-14(10-24-11)9-21-15(12-4-2-5-13(18)8-12)20-23-17(16(21)22)6-3-7-17/h2,4-5,8,10H,3,6-7,9H2,1H3. The third kappa shape index (κ3) is 2.59. The first-order valence-corrected chi connectivity index (χ1v) is 9.08. The number of rotatable bonds is 3. The lowest BCUT2D eigenvalue weighted by Crippen LogP contribution is -2.58. The van der Waals surface area contributed by atoms with E-state index in [9.17, 15) is 4.79 Å². The van der Waals surface area contributed by atoms with Crippen LogP contribution in [-0.2, 0) is 16.2 Å².